The molecule has 0 aliphatic heterocycles. The SMILES string of the molecule is C=C(C)c1ccc2ccc(C(=C)CC)cc2c1.CCCC(C)CC. The number of rotatable bonds is 6. The minimum absolute atomic E-state index is 0.949. The van der Waals surface area contributed by atoms with Crippen molar-refractivity contribution >= 4 is 21.9 Å². The third-order valence-electron chi connectivity index (χ3n) is 4.65. The average Bonchev–Trinajstić information content (AvgIpc) is 2.60. The van der Waals surface area contributed by atoms with E-state index in [-0.39, 0.29) is 0 Å². The molecular weight excluding hydrogens is 288 g/mol. The van der Waals surface area contributed by atoms with Crippen LogP contribution in [0, 0.1) is 5.92 Å². The first-order valence-electron chi connectivity index (χ1n) is 9.30. The molecule has 0 nitrogen and oxygen atoms in total. The largest absolute Gasteiger partial charge is 0.0955 e. The summed E-state index contributed by atoms with van der Waals surface area (Å²) in [6.45, 7) is 19.1. The highest BCUT2D eigenvalue weighted by atomic mass is 14.1. The van der Waals surface area contributed by atoms with Crippen molar-refractivity contribution < 1.29 is 0 Å². The second kappa shape index (κ2) is 10.1. The van der Waals surface area contributed by atoms with E-state index in [1.165, 1.54) is 46.7 Å². The smallest absolute Gasteiger partial charge is 0.0172 e. The molecule has 0 saturated carbocycles. The fourth-order valence-corrected chi connectivity index (χ4v) is 2.63. The van der Waals surface area contributed by atoms with Gasteiger partial charge < -0.3 is 0 Å². The predicted molar refractivity (Wildman–Crippen MR) is 112 cm³/mol. The van der Waals surface area contributed by atoms with Crippen molar-refractivity contribution in [3.05, 3.63) is 60.7 Å². The monoisotopic (exact) mass is 322 g/mol. The Labute approximate surface area is 149 Å². The molecule has 0 heteroatoms. The molecule has 2 aromatic carbocycles. The summed E-state index contributed by atoms with van der Waals surface area (Å²) in [7, 11) is 0. The lowest BCUT2D eigenvalue weighted by atomic mass is 9.98. The van der Waals surface area contributed by atoms with Gasteiger partial charge in [0.05, 0.1) is 0 Å². The van der Waals surface area contributed by atoms with Gasteiger partial charge in [0.1, 0.15) is 0 Å². The molecular formula is C24H34. The van der Waals surface area contributed by atoms with E-state index in [9.17, 15) is 0 Å². The summed E-state index contributed by atoms with van der Waals surface area (Å²) >= 11 is 0. The summed E-state index contributed by atoms with van der Waals surface area (Å²) in [5, 5.41) is 2.53. The van der Waals surface area contributed by atoms with E-state index in [2.05, 4.69) is 77.3 Å². The van der Waals surface area contributed by atoms with Gasteiger partial charge in [-0.1, -0.05) is 90.0 Å². The number of benzene rings is 2. The van der Waals surface area contributed by atoms with Crippen molar-refractivity contribution in [3.63, 3.8) is 0 Å². The van der Waals surface area contributed by atoms with Crippen molar-refractivity contribution in [1.82, 2.24) is 0 Å². The van der Waals surface area contributed by atoms with E-state index in [0.717, 1.165) is 17.9 Å². The predicted octanol–water partition coefficient (Wildman–Crippen LogP) is 8.13. The molecule has 0 fully saturated rings. The van der Waals surface area contributed by atoms with Crippen LogP contribution in [0.25, 0.3) is 21.9 Å². The average molecular weight is 323 g/mol. The van der Waals surface area contributed by atoms with Crippen molar-refractivity contribution in [2.24, 2.45) is 5.92 Å². The first kappa shape index (κ1) is 20.2. The van der Waals surface area contributed by atoms with E-state index < -0.39 is 0 Å². The van der Waals surface area contributed by atoms with Crippen LogP contribution in [0.4, 0.5) is 0 Å². The zero-order chi connectivity index (χ0) is 18.1. The second-order valence-electron chi connectivity index (χ2n) is 6.82. The Hall–Kier alpha value is -1.82. The Morgan fingerprint density at radius 1 is 0.917 bits per heavy atom. The molecule has 1 unspecified atom stereocenters. The highest BCUT2D eigenvalue weighted by Gasteiger charge is 2.01. The fourth-order valence-electron chi connectivity index (χ4n) is 2.63. The van der Waals surface area contributed by atoms with Gasteiger partial charge in [-0.05, 0) is 58.9 Å². The Bertz CT molecular complexity index is 675. The quantitative estimate of drug-likeness (QED) is 0.503. The zero-order valence-corrected chi connectivity index (χ0v) is 16.3. The van der Waals surface area contributed by atoms with Crippen LogP contribution in [0.3, 0.4) is 0 Å². The van der Waals surface area contributed by atoms with Crippen LogP contribution in [0.1, 0.15) is 71.4 Å². The van der Waals surface area contributed by atoms with Crippen molar-refractivity contribution in [3.8, 4) is 0 Å². The van der Waals surface area contributed by atoms with Crippen LogP contribution < -0.4 is 0 Å². The maximum absolute atomic E-state index is 4.09. The molecule has 0 aliphatic carbocycles. The maximum Gasteiger partial charge on any atom is -0.0172 e. The first-order chi connectivity index (χ1) is 11.4. The van der Waals surface area contributed by atoms with E-state index >= 15 is 0 Å². The van der Waals surface area contributed by atoms with Crippen LogP contribution >= 0.6 is 0 Å². The summed E-state index contributed by atoms with van der Waals surface area (Å²) in [4.78, 5) is 0. The summed E-state index contributed by atoms with van der Waals surface area (Å²) in [5.74, 6) is 0.949. The molecule has 130 valence electrons. The number of allylic oxidation sites excluding steroid dienone is 2. The van der Waals surface area contributed by atoms with Gasteiger partial charge in [0, 0.05) is 0 Å². The van der Waals surface area contributed by atoms with Crippen molar-refractivity contribution in [1.29, 1.82) is 0 Å². The fraction of sp³-hybridized carbons (Fsp3) is 0.417. The topological polar surface area (TPSA) is 0 Å². The summed E-state index contributed by atoms with van der Waals surface area (Å²) in [6, 6.07) is 13.0. The van der Waals surface area contributed by atoms with Gasteiger partial charge in [-0.2, -0.15) is 0 Å². The lowest BCUT2D eigenvalue weighted by molar-refractivity contribution is 0.509. The van der Waals surface area contributed by atoms with Crippen LogP contribution in [0.15, 0.2) is 49.6 Å². The van der Waals surface area contributed by atoms with Crippen LogP contribution in [-0.4, -0.2) is 0 Å². The third kappa shape index (κ3) is 6.00. The van der Waals surface area contributed by atoms with Crippen LogP contribution in [0.5, 0.6) is 0 Å². The van der Waals surface area contributed by atoms with Gasteiger partial charge >= 0.3 is 0 Å². The molecule has 0 bridgehead atoms. The van der Waals surface area contributed by atoms with Crippen LogP contribution in [-0.2, 0) is 0 Å². The molecule has 0 N–H and O–H groups in total. The molecule has 2 rings (SSSR count). The van der Waals surface area contributed by atoms with Crippen molar-refractivity contribution in [2.75, 3.05) is 0 Å². The minimum Gasteiger partial charge on any atom is -0.0955 e. The van der Waals surface area contributed by atoms with Gasteiger partial charge in [-0.3, -0.25) is 0 Å². The molecule has 1 atom stereocenters. The van der Waals surface area contributed by atoms with Gasteiger partial charge in [0.2, 0.25) is 0 Å². The Morgan fingerprint density at radius 3 is 1.96 bits per heavy atom. The molecule has 0 saturated heterocycles. The maximum atomic E-state index is 4.09. The van der Waals surface area contributed by atoms with Gasteiger partial charge in [-0.15, -0.1) is 0 Å². The molecule has 0 aromatic heterocycles. The molecule has 0 aliphatic rings. The highest BCUT2D eigenvalue weighted by Crippen LogP contribution is 2.24. The molecule has 0 amide bonds. The molecule has 0 heterocycles. The van der Waals surface area contributed by atoms with Crippen molar-refractivity contribution in [2.45, 2.75) is 60.3 Å². The van der Waals surface area contributed by atoms with E-state index in [1.807, 2.05) is 6.92 Å². The summed E-state index contributed by atoms with van der Waals surface area (Å²) < 4.78 is 0. The molecule has 24 heavy (non-hydrogen) atoms. The van der Waals surface area contributed by atoms with Gasteiger partial charge in [0.25, 0.3) is 0 Å². The summed E-state index contributed by atoms with van der Waals surface area (Å²) in [5.41, 5.74) is 4.73. The van der Waals surface area contributed by atoms with Gasteiger partial charge in [-0.25, -0.2) is 0 Å². The zero-order valence-electron chi connectivity index (χ0n) is 16.3. The third-order valence-corrected chi connectivity index (χ3v) is 4.65. The van der Waals surface area contributed by atoms with E-state index in [4.69, 9.17) is 0 Å². The highest BCUT2D eigenvalue weighted by molar-refractivity contribution is 5.88. The summed E-state index contributed by atoms with van der Waals surface area (Å²) in [6.07, 6.45) is 5.07. The lowest BCUT2D eigenvalue weighted by Gasteiger charge is -2.07. The van der Waals surface area contributed by atoms with E-state index in [1.54, 1.807) is 0 Å². The first-order valence-corrected chi connectivity index (χ1v) is 9.30. The minimum atomic E-state index is 0.949. The standard InChI is InChI=1S/C17H18.C7H16/c1-5-13(4)16-9-7-14-6-8-15(12(2)3)10-17(14)11-16;1-4-6-7(3)5-2/h6-11H,2,4-5H2,1,3H3;7H,4-6H2,1-3H3. The van der Waals surface area contributed by atoms with Crippen LogP contribution in [0.2, 0.25) is 0 Å². The number of fused-ring (bicyclic) bond motifs is 1. The molecule has 0 spiro atoms. The normalized spacial score (nSPS) is 11.5. The molecule has 0 radical (unpaired) electrons. The Balaban J connectivity index is 0.000000351. The molecule has 2 aromatic rings. The number of hydrogen-bond acceptors (Lipinski definition) is 0. The lowest BCUT2D eigenvalue weighted by Crippen LogP contribution is -1.88. The second-order valence-corrected chi connectivity index (χ2v) is 6.82. The Kier molecular flexibility index (Phi) is 8.54. The van der Waals surface area contributed by atoms with Gasteiger partial charge in [0.15, 0.2) is 0 Å². The number of hydrogen-bond donors (Lipinski definition) is 0. The Morgan fingerprint density at radius 2 is 1.50 bits per heavy atom. The van der Waals surface area contributed by atoms with E-state index in [0.29, 0.717) is 0 Å².